The highest BCUT2D eigenvalue weighted by atomic mass is 35.5. The molecular weight excluding hydrogens is 238 g/mol. The first-order valence-electron chi connectivity index (χ1n) is 5.26. The second-order valence-electron chi connectivity index (χ2n) is 3.76. The minimum atomic E-state index is -0.819. The lowest BCUT2D eigenvalue weighted by Gasteiger charge is -1.99. The molecule has 0 saturated heterocycles. The topological polar surface area (TPSA) is 42.2 Å². The Balaban J connectivity index is 2.49. The van der Waals surface area contributed by atoms with Crippen LogP contribution in [0.1, 0.15) is 5.56 Å². The van der Waals surface area contributed by atoms with E-state index < -0.39 is 5.97 Å². The van der Waals surface area contributed by atoms with Crippen LogP contribution in [0.2, 0.25) is 0 Å². The summed E-state index contributed by atoms with van der Waals surface area (Å²) in [5.74, 6) is -0.819. The van der Waals surface area contributed by atoms with Crippen LogP contribution in [-0.4, -0.2) is 15.6 Å². The van der Waals surface area contributed by atoms with Gasteiger partial charge in [-0.05, 0) is 11.6 Å². The fourth-order valence-electron chi connectivity index (χ4n) is 1.93. The zero-order valence-corrected chi connectivity index (χ0v) is 9.89. The van der Waals surface area contributed by atoms with Crippen LogP contribution in [0.3, 0.4) is 0 Å². The maximum Gasteiger partial charge on any atom is 0.307 e. The van der Waals surface area contributed by atoms with Crippen molar-refractivity contribution in [2.24, 2.45) is 0 Å². The normalized spacial score (nSPS) is 11.4. The van der Waals surface area contributed by atoms with Gasteiger partial charge in [0.15, 0.2) is 0 Å². The number of halogens is 1. The molecule has 0 atom stereocenters. The Bertz CT molecular complexity index is 572. The van der Waals surface area contributed by atoms with E-state index in [2.05, 4.69) is 0 Å². The monoisotopic (exact) mass is 249 g/mol. The molecule has 17 heavy (non-hydrogen) atoms. The van der Waals surface area contributed by atoms with E-state index in [1.54, 1.807) is 0 Å². The number of aliphatic carboxylic acids is 1. The summed E-state index contributed by atoms with van der Waals surface area (Å²) in [6.07, 6.45) is 3.73. The van der Waals surface area contributed by atoms with Gasteiger partial charge in [-0.3, -0.25) is 4.79 Å². The number of rotatable bonds is 4. The number of para-hydroxylation sites is 1. The van der Waals surface area contributed by atoms with Crippen LogP contribution in [0.25, 0.3) is 10.9 Å². The van der Waals surface area contributed by atoms with Gasteiger partial charge in [0.05, 0.1) is 6.42 Å². The van der Waals surface area contributed by atoms with Gasteiger partial charge in [-0.25, -0.2) is 0 Å². The molecular formula is C13H12ClNO2. The van der Waals surface area contributed by atoms with Gasteiger partial charge in [0, 0.05) is 29.2 Å². The van der Waals surface area contributed by atoms with Crippen molar-refractivity contribution in [3.63, 3.8) is 0 Å². The molecule has 0 unspecified atom stereocenters. The van der Waals surface area contributed by atoms with Crippen molar-refractivity contribution >= 4 is 28.5 Å². The molecule has 1 aromatic heterocycles. The summed E-state index contributed by atoms with van der Waals surface area (Å²) in [5.41, 5.74) is 3.32. The van der Waals surface area contributed by atoms with Gasteiger partial charge >= 0.3 is 5.97 Å². The molecule has 0 fully saturated rings. The summed E-state index contributed by atoms with van der Waals surface area (Å²) in [6, 6.07) is 7.76. The lowest BCUT2D eigenvalue weighted by Crippen LogP contribution is -1.99. The Kier molecular flexibility index (Phi) is 3.49. The molecule has 0 spiro atoms. The fourth-order valence-corrected chi connectivity index (χ4v) is 2.01. The van der Waals surface area contributed by atoms with E-state index >= 15 is 0 Å². The minimum absolute atomic E-state index is 0.0398. The first-order chi connectivity index (χ1) is 8.22. The number of allylic oxidation sites excluding steroid dienone is 1. The van der Waals surface area contributed by atoms with Gasteiger partial charge in [0.25, 0.3) is 0 Å². The molecule has 1 aromatic carbocycles. The third kappa shape index (κ3) is 2.50. The molecule has 0 amide bonds. The van der Waals surface area contributed by atoms with E-state index in [1.165, 1.54) is 5.54 Å². The molecule has 0 radical (unpaired) electrons. The van der Waals surface area contributed by atoms with Gasteiger partial charge in [0.2, 0.25) is 0 Å². The Hall–Kier alpha value is -1.74. The van der Waals surface area contributed by atoms with Gasteiger partial charge < -0.3 is 9.67 Å². The van der Waals surface area contributed by atoms with Crippen molar-refractivity contribution in [3.8, 4) is 0 Å². The zero-order valence-electron chi connectivity index (χ0n) is 9.14. The summed E-state index contributed by atoms with van der Waals surface area (Å²) in [6.45, 7) is 0.642. The Morgan fingerprint density at radius 1 is 1.41 bits per heavy atom. The molecule has 0 bridgehead atoms. The molecule has 3 nitrogen and oxygen atoms in total. The van der Waals surface area contributed by atoms with Gasteiger partial charge in [-0.15, -0.1) is 0 Å². The highest BCUT2D eigenvalue weighted by molar-refractivity contribution is 6.25. The maximum absolute atomic E-state index is 10.8. The number of fused-ring (bicyclic) bond motifs is 1. The second-order valence-corrected chi connectivity index (χ2v) is 4.01. The van der Waals surface area contributed by atoms with Crippen molar-refractivity contribution in [1.29, 1.82) is 0 Å². The van der Waals surface area contributed by atoms with E-state index in [0.29, 0.717) is 6.54 Å². The van der Waals surface area contributed by atoms with Crippen molar-refractivity contribution in [1.82, 2.24) is 4.57 Å². The first kappa shape index (κ1) is 11.7. The molecule has 0 aliphatic carbocycles. The van der Waals surface area contributed by atoms with Gasteiger partial charge in [-0.2, -0.15) is 0 Å². The van der Waals surface area contributed by atoms with Crippen molar-refractivity contribution in [2.75, 3.05) is 0 Å². The highest BCUT2D eigenvalue weighted by Crippen LogP contribution is 2.21. The molecule has 0 saturated carbocycles. The molecule has 88 valence electrons. The van der Waals surface area contributed by atoms with Crippen LogP contribution < -0.4 is 0 Å². The van der Waals surface area contributed by atoms with Gasteiger partial charge in [0.1, 0.15) is 0 Å². The fraction of sp³-hybridized carbons (Fsp3) is 0.154. The Morgan fingerprint density at radius 2 is 2.18 bits per heavy atom. The summed E-state index contributed by atoms with van der Waals surface area (Å²) in [7, 11) is 0. The van der Waals surface area contributed by atoms with Crippen molar-refractivity contribution in [3.05, 3.63) is 47.6 Å². The van der Waals surface area contributed by atoms with Crippen LogP contribution in [0.4, 0.5) is 0 Å². The summed E-state index contributed by atoms with van der Waals surface area (Å²) in [4.78, 5) is 10.8. The average Bonchev–Trinajstić information content (AvgIpc) is 2.65. The molecule has 2 rings (SSSR count). The smallest absolute Gasteiger partial charge is 0.307 e. The molecule has 1 N–H and O–H groups in total. The average molecular weight is 250 g/mol. The van der Waals surface area contributed by atoms with Crippen molar-refractivity contribution < 1.29 is 9.90 Å². The molecule has 1 heterocycles. The lowest BCUT2D eigenvalue weighted by molar-refractivity contribution is -0.136. The molecule has 0 aliphatic rings. The largest absolute Gasteiger partial charge is 0.481 e. The number of carboxylic acid groups (broad SMARTS) is 1. The lowest BCUT2D eigenvalue weighted by atomic mass is 10.1. The Morgan fingerprint density at radius 3 is 2.88 bits per heavy atom. The van der Waals surface area contributed by atoms with Gasteiger partial charge in [-0.1, -0.05) is 35.9 Å². The quantitative estimate of drug-likeness (QED) is 0.905. The van der Waals surface area contributed by atoms with Crippen molar-refractivity contribution in [2.45, 2.75) is 13.0 Å². The van der Waals surface area contributed by atoms with E-state index in [0.717, 1.165) is 16.5 Å². The number of carboxylic acids is 1. The molecule has 0 aliphatic heterocycles. The summed E-state index contributed by atoms with van der Waals surface area (Å²) in [5, 5.41) is 9.85. The van der Waals surface area contributed by atoms with E-state index in [-0.39, 0.29) is 6.42 Å². The van der Waals surface area contributed by atoms with Crippen LogP contribution >= 0.6 is 11.6 Å². The minimum Gasteiger partial charge on any atom is -0.481 e. The van der Waals surface area contributed by atoms with Crippen LogP contribution in [0, 0.1) is 0 Å². The zero-order chi connectivity index (χ0) is 12.3. The number of benzene rings is 1. The predicted octanol–water partition coefficient (Wildman–Crippen LogP) is 3.02. The summed E-state index contributed by atoms with van der Waals surface area (Å²) < 4.78 is 1.99. The SMILES string of the molecule is O=C(O)Cc1cn(C/C=C/Cl)c2ccccc12. The number of hydrogen-bond donors (Lipinski definition) is 1. The number of carbonyl (C=O) groups is 1. The number of nitrogens with zero attached hydrogens (tertiary/aromatic N) is 1. The van der Waals surface area contributed by atoms with Crippen LogP contribution in [0.5, 0.6) is 0 Å². The molecule has 2 aromatic rings. The molecule has 4 heteroatoms. The number of aromatic nitrogens is 1. The van der Waals surface area contributed by atoms with E-state index in [9.17, 15) is 4.79 Å². The number of hydrogen-bond acceptors (Lipinski definition) is 1. The first-order valence-corrected chi connectivity index (χ1v) is 5.70. The van der Waals surface area contributed by atoms with E-state index in [4.69, 9.17) is 16.7 Å². The third-order valence-electron chi connectivity index (χ3n) is 2.60. The van der Waals surface area contributed by atoms with E-state index in [1.807, 2.05) is 41.1 Å². The summed E-state index contributed by atoms with van der Waals surface area (Å²) >= 11 is 5.51. The van der Waals surface area contributed by atoms with Crippen LogP contribution in [-0.2, 0) is 17.8 Å². The standard InChI is InChI=1S/C13H12ClNO2/c14-6-3-7-15-9-10(8-13(16)17)11-4-1-2-5-12(11)15/h1-6,9H,7-8H2,(H,16,17)/b6-3+. The maximum atomic E-state index is 10.8. The van der Waals surface area contributed by atoms with Crippen LogP contribution in [0.15, 0.2) is 42.1 Å². The Labute approximate surface area is 104 Å². The third-order valence-corrected chi connectivity index (χ3v) is 2.78. The highest BCUT2D eigenvalue weighted by Gasteiger charge is 2.09. The second kappa shape index (κ2) is 5.06. The predicted molar refractivity (Wildman–Crippen MR) is 68.3 cm³/mol.